The van der Waals surface area contributed by atoms with Crippen molar-refractivity contribution in [3.05, 3.63) is 84.1 Å². The maximum Gasteiger partial charge on any atom is 0.306 e. The predicted octanol–water partition coefficient (Wildman–Crippen LogP) is 4.43. The Balaban J connectivity index is 1.22. The first-order chi connectivity index (χ1) is 20.0. The molecule has 0 unspecified atom stereocenters. The van der Waals surface area contributed by atoms with Gasteiger partial charge >= 0.3 is 5.97 Å². The standard InChI is InChI=1S/C30H29N7O4/c1-41-22-9-6-19(7-10-22)18-37-25(28-32-23-4-2-3-5-24(23)33-28)16-26(35-37)34-29(38)21-8-11-27(31-17-21)36-14-12-20(13-15-36)30(39)40/h2-11,16-17,20H,12-15,18H2,1H3,(H,32,33)(H,39,40)(H,34,35,38). The van der Waals surface area contributed by atoms with Gasteiger partial charge in [0.1, 0.15) is 17.3 Å². The van der Waals surface area contributed by atoms with Crippen molar-refractivity contribution in [1.82, 2.24) is 24.7 Å². The summed E-state index contributed by atoms with van der Waals surface area (Å²) in [5, 5.41) is 16.8. The largest absolute Gasteiger partial charge is 0.497 e. The molecule has 0 radical (unpaired) electrons. The number of amides is 1. The van der Waals surface area contributed by atoms with Crippen molar-refractivity contribution < 1.29 is 19.4 Å². The van der Waals surface area contributed by atoms with Gasteiger partial charge in [-0.15, -0.1) is 0 Å². The number of piperidine rings is 1. The summed E-state index contributed by atoms with van der Waals surface area (Å²) in [5.41, 5.74) is 3.87. The van der Waals surface area contributed by atoms with Crippen LogP contribution in [0.2, 0.25) is 0 Å². The number of nitrogens with one attached hydrogen (secondary N) is 2. The van der Waals surface area contributed by atoms with E-state index >= 15 is 0 Å². The van der Waals surface area contributed by atoms with Crippen molar-refractivity contribution >= 4 is 34.5 Å². The van der Waals surface area contributed by atoms with Crippen LogP contribution in [0, 0.1) is 5.92 Å². The van der Waals surface area contributed by atoms with Gasteiger partial charge in [-0.25, -0.2) is 9.97 Å². The second kappa shape index (κ2) is 11.1. The van der Waals surface area contributed by atoms with E-state index in [1.165, 1.54) is 6.20 Å². The lowest BCUT2D eigenvalue weighted by molar-refractivity contribution is -0.142. The molecule has 41 heavy (non-hydrogen) atoms. The Morgan fingerprint density at radius 1 is 1.07 bits per heavy atom. The number of benzene rings is 2. The minimum Gasteiger partial charge on any atom is -0.497 e. The number of rotatable bonds is 8. The zero-order chi connectivity index (χ0) is 28.3. The molecule has 2 aromatic carbocycles. The number of hydrogen-bond acceptors (Lipinski definition) is 7. The number of anilines is 2. The minimum absolute atomic E-state index is 0.315. The second-order valence-electron chi connectivity index (χ2n) is 9.98. The number of H-pyrrole nitrogens is 1. The molecule has 1 amide bonds. The summed E-state index contributed by atoms with van der Waals surface area (Å²) in [7, 11) is 1.63. The minimum atomic E-state index is -0.750. The first-order valence-corrected chi connectivity index (χ1v) is 13.4. The summed E-state index contributed by atoms with van der Waals surface area (Å²) >= 11 is 0. The average Bonchev–Trinajstić information content (AvgIpc) is 3.61. The number of aliphatic carboxylic acids is 1. The van der Waals surface area contributed by atoms with E-state index in [1.807, 2.05) is 53.4 Å². The molecule has 11 nitrogen and oxygen atoms in total. The molecule has 1 aliphatic heterocycles. The van der Waals surface area contributed by atoms with Crippen LogP contribution in [0.4, 0.5) is 11.6 Å². The average molecular weight is 552 g/mol. The van der Waals surface area contributed by atoms with E-state index in [1.54, 1.807) is 30.0 Å². The Labute approximate surface area is 235 Å². The van der Waals surface area contributed by atoms with Gasteiger partial charge in [0.15, 0.2) is 11.6 Å². The Morgan fingerprint density at radius 2 is 1.85 bits per heavy atom. The van der Waals surface area contributed by atoms with E-state index in [4.69, 9.17) is 9.72 Å². The summed E-state index contributed by atoms with van der Waals surface area (Å²) in [4.78, 5) is 39.0. The molecular weight excluding hydrogens is 522 g/mol. The summed E-state index contributed by atoms with van der Waals surface area (Å²) in [6, 6.07) is 20.8. The second-order valence-corrected chi connectivity index (χ2v) is 9.98. The Kier molecular flexibility index (Phi) is 7.07. The monoisotopic (exact) mass is 551 g/mol. The first kappa shape index (κ1) is 26.1. The van der Waals surface area contributed by atoms with Crippen LogP contribution in [-0.2, 0) is 11.3 Å². The van der Waals surface area contributed by atoms with Crippen molar-refractivity contribution in [3.8, 4) is 17.3 Å². The topological polar surface area (TPSA) is 138 Å². The van der Waals surface area contributed by atoms with Gasteiger partial charge < -0.3 is 25.0 Å². The highest BCUT2D eigenvalue weighted by molar-refractivity contribution is 6.03. The number of fused-ring (bicyclic) bond motifs is 1. The fraction of sp³-hybridized carbons (Fsp3) is 0.233. The molecule has 0 saturated carbocycles. The molecule has 5 aromatic rings. The third-order valence-electron chi connectivity index (χ3n) is 7.32. The van der Waals surface area contributed by atoms with Crippen LogP contribution in [0.3, 0.4) is 0 Å². The lowest BCUT2D eigenvalue weighted by Crippen LogP contribution is -2.36. The fourth-order valence-electron chi connectivity index (χ4n) is 5.02. The maximum absolute atomic E-state index is 13.1. The molecule has 6 rings (SSSR count). The van der Waals surface area contributed by atoms with Crippen LogP contribution >= 0.6 is 0 Å². The molecule has 3 N–H and O–H groups in total. The number of methoxy groups -OCH3 is 1. The van der Waals surface area contributed by atoms with Crippen molar-refractivity contribution in [3.63, 3.8) is 0 Å². The molecule has 11 heteroatoms. The summed E-state index contributed by atoms with van der Waals surface area (Å²) in [5.74, 6) is 1.12. The Hall–Kier alpha value is -5.19. The van der Waals surface area contributed by atoms with E-state index in [2.05, 4.69) is 20.4 Å². The van der Waals surface area contributed by atoms with Gasteiger partial charge in [0.2, 0.25) is 0 Å². The third-order valence-corrected chi connectivity index (χ3v) is 7.32. The molecule has 1 aliphatic rings. The van der Waals surface area contributed by atoms with Crippen LogP contribution in [0.25, 0.3) is 22.6 Å². The Bertz CT molecular complexity index is 1650. The zero-order valence-corrected chi connectivity index (χ0v) is 22.4. The normalized spacial score (nSPS) is 13.8. The van der Waals surface area contributed by atoms with Crippen LogP contribution in [0.5, 0.6) is 5.75 Å². The molecule has 3 aromatic heterocycles. The number of imidazole rings is 1. The predicted molar refractivity (Wildman–Crippen MR) is 154 cm³/mol. The van der Waals surface area contributed by atoms with Gasteiger partial charge in [0, 0.05) is 25.4 Å². The number of hydrogen-bond donors (Lipinski definition) is 3. The van der Waals surface area contributed by atoms with Crippen LogP contribution < -0.4 is 15.0 Å². The smallest absolute Gasteiger partial charge is 0.306 e. The van der Waals surface area contributed by atoms with Gasteiger partial charge in [-0.3, -0.25) is 14.3 Å². The molecule has 1 fully saturated rings. The van der Waals surface area contributed by atoms with Crippen LogP contribution in [-0.4, -0.2) is 61.9 Å². The highest BCUT2D eigenvalue weighted by Crippen LogP contribution is 2.26. The lowest BCUT2D eigenvalue weighted by Gasteiger charge is -2.30. The molecule has 208 valence electrons. The SMILES string of the molecule is COc1ccc(Cn2nc(NC(=O)c3ccc(N4CCC(C(=O)O)CC4)nc3)cc2-c2nc3ccccc3[nH]2)cc1. The van der Waals surface area contributed by atoms with Crippen molar-refractivity contribution in [2.75, 3.05) is 30.4 Å². The highest BCUT2D eigenvalue weighted by atomic mass is 16.5. The maximum atomic E-state index is 13.1. The van der Waals surface area contributed by atoms with Gasteiger partial charge in [0.25, 0.3) is 5.91 Å². The molecule has 1 saturated heterocycles. The number of carboxylic acids is 1. The van der Waals surface area contributed by atoms with Gasteiger partial charge in [0.05, 0.1) is 36.2 Å². The molecule has 4 heterocycles. The first-order valence-electron chi connectivity index (χ1n) is 13.4. The van der Waals surface area contributed by atoms with Gasteiger partial charge in [-0.1, -0.05) is 24.3 Å². The van der Waals surface area contributed by atoms with E-state index in [-0.39, 0.29) is 11.8 Å². The number of nitrogens with zero attached hydrogens (tertiary/aromatic N) is 5. The summed E-state index contributed by atoms with van der Waals surface area (Å²) < 4.78 is 7.08. The van der Waals surface area contributed by atoms with Crippen molar-refractivity contribution in [2.45, 2.75) is 19.4 Å². The van der Waals surface area contributed by atoms with Gasteiger partial charge in [-0.2, -0.15) is 5.10 Å². The van der Waals surface area contributed by atoms with Crippen molar-refractivity contribution in [1.29, 1.82) is 0 Å². The number of carbonyl (C=O) groups is 2. The zero-order valence-electron chi connectivity index (χ0n) is 22.4. The van der Waals surface area contributed by atoms with E-state index < -0.39 is 5.97 Å². The van der Waals surface area contributed by atoms with E-state index in [9.17, 15) is 14.7 Å². The highest BCUT2D eigenvalue weighted by Gasteiger charge is 2.25. The number of carbonyl (C=O) groups excluding carboxylic acids is 1. The molecule has 0 aliphatic carbocycles. The van der Waals surface area contributed by atoms with Crippen LogP contribution in [0.1, 0.15) is 28.8 Å². The van der Waals surface area contributed by atoms with E-state index in [0.717, 1.165) is 33.9 Å². The quantitative estimate of drug-likeness (QED) is 0.257. The van der Waals surface area contributed by atoms with Crippen LogP contribution in [0.15, 0.2) is 72.9 Å². The number of aromatic nitrogens is 5. The van der Waals surface area contributed by atoms with Crippen molar-refractivity contribution in [2.24, 2.45) is 5.92 Å². The Morgan fingerprint density at radius 3 is 2.54 bits per heavy atom. The molecule has 0 atom stereocenters. The number of para-hydroxylation sites is 2. The fourth-order valence-corrected chi connectivity index (χ4v) is 5.02. The lowest BCUT2D eigenvalue weighted by atomic mass is 9.97. The summed E-state index contributed by atoms with van der Waals surface area (Å²) in [6.45, 7) is 1.69. The number of carboxylic acid groups (broad SMARTS) is 1. The number of aromatic amines is 1. The molecule has 0 spiro atoms. The van der Waals surface area contributed by atoms with Gasteiger partial charge in [-0.05, 0) is 54.8 Å². The third kappa shape index (κ3) is 5.60. The number of ether oxygens (including phenoxy) is 1. The molecule has 0 bridgehead atoms. The molecular formula is C30H29N7O4. The number of pyridine rings is 1. The summed E-state index contributed by atoms with van der Waals surface area (Å²) in [6.07, 6.45) is 2.68. The van der Waals surface area contributed by atoms with E-state index in [0.29, 0.717) is 49.7 Å².